The van der Waals surface area contributed by atoms with Crippen LogP contribution in [-0.4, -0.2) is 29.3 Å². The molecule has 3 heterocycles. The predicted octanol–water partition coefficient (Wildman–Crippen LogP) is 2.61. The molecule has 0 aliphatic carbocycles. The molecule has 20 heavy (non-hydrogen) atoms. The molecule has 1 fully saturated rings. The van der Waals surface area contributed by atoms with Crippen LogP contribution in [0.15, 0.2) is 30.5 Å². The lowest BCUT2D eigenvalue weighted by molar-refractivity contribution is 0.572. The lowest BCUT2D eigenvalue weighted by Crippen LogP contribution is -2.38. The van der Waals surface area contributed by atoms with Gasteiger partial charge in [0.15, 0.2) is 5.82 Å². The molecule has 0 amide bonds. The Bertz CT molecular complexity index is 540. The Morgan fingerprint density at radius 2 is 2.35 bits per heavy atom. The van der Waals surface area contributed by atoms with Gasteiger partial charge < -0.3 is 10.2 Å². The van der Waals surface area contributed by atoms with E-state index in [4.69, 9.17) is 0 Å². The van der Waals surface area contributed by atoms with Crippen molar-refractivity contribution in [1.29, 1.82) is 0 Å². The summed E-state index contributed by atoms with van der Waals surface area (Å²) in [6.45, 7) is 5.21. The summed E-state index contributed by atoms with van der Waals surface area (Å²) in [4.78, 5) is 5.16. The zero-order valence-corrected chi connectivity index (χ0v) is 12.6. The molecule has 4 nitrogen and oxygen atoms in total. The van der Waals surface area contributed by atoms with E-state index in [1.165, 1.54) is 22.6 Å². The molecular formula is C15H20N4S. The third kappa shape index (κ3) is 3.16. The molecule has 1 atom stereocenters. The van der Waals surface area contributed by atoms with E-state index in [1.54, 1.807) is 6.20 Å². The van der Waals surface area contributed by atoms with Gasteiger partial charge in [-0.3, -0.25) is 0 Å². The first-order chi connectivity index (χ1) is 9.83. The second-order valence-electron chi connectivity index (χ2n) is 5.21. The van der Waals surface area contributed by atoms with Crippen molar-refractivity contribution in [1.82, 2.24) is 15.5 Å². The predicted molar refractivity (Wildman–Crippen MR) is 83.2 cm³/mol. The van der Waals surface area contributed by atoms with Gasteiger partial charge in [0, 0.05) is 41.6 Å². The Morgan fingerprint density at radius 3 is 3.10 bits per heavy atom. The first kappa shape index (κ1) is 13.5. The number of thiophene rings is 1. The number of nitrogens with zero attached hydrogens (tertiary/aromatic N) is 3. The quantitative estimate of drug-likeness (QED) is 0.918. The number of aromatic nitrogens is 2. The number of nitrogens with one attached hydrogen (secondary N) is 1. The summed E-state index contributed by atoms with van der Waals surface area (Å²) in [6, 6.07) is 8.94. The Labute approximate surface area is 123 Å². The van der Waals surface area contributed by atoms with Gasteiger partial charge in [0.2, 0.25) is 0 Å². The minimum absolute atomic E-state index is 0.535. The Morgan fingerprint density at radius 1 is 1.40 bits per heavy atom. The number of hydrogen-bond acceptors (Lipinski definition) is 5. The molecule has 1 aliphatic heterocycles. The van der Waals surface area contributed by atoms with Gasteiger partial charge in [0.25, 0.3) is 0 Å². The van der Waals surface area contributed by atoms with Gasteiger partial charge in [0.05, 0.1) is 0 Å². The Hall–Kier alpha value is -1.46. The highest BCUT2D eigenvalue weighted by Crippen LogP contribution is 2.22. The largest absolute Gasteiger partial charge is 0.351 e. The minimum Gasteiger partial charge on any atom is -0.351 e. The summed E-state index contributed by atoms with van der Waals surface area (Å²) in [7, 11) is 0. The molecule has 1 saturated heterocycles. The van der Waals surface area contributed by atoms with E-state index in [1.807, 2.05) is 23.5 Å². The lowest BCUT2D eigenvalue weighted by Gasteiger charge is -2.25. The molecule has 106 valence electrons. The molecule has 2 aromatic rings. The molecule has 0 unspecified atom stereocenters. The standard InChI is InChI=1S/C15H20N4S/c1-12-6-7-14(20-12)11-16-10-13-4-3-9-19(13)15-5-2-8-17-18-15/h2,5-8,13,16H,3-4,9-11H2,1H3/t13-/m1/s1. The van der Waals surface area contributed by atoms with E-state index in [0.717, 1.165) is 25.5 Å². The van der Waals surface area contributed by atoms with E-state index in [-0.39, 0.29) is 0 Å². The zero-order valence-electron chi connectivity index (χ0n) is 11.7. The van der Waals surface area contributed by atoms with Crippen molar-refractivity contribution in [2.24, 2.45) is 0 Å². The third-order valence-corrected chi connectivity index (χ3v) is 4.71. The van der Waals surface area contributed by atoms with Crippen molar-refractivity contribution < 1.29 is 0 Å². The summed E-state index contributed by atoms with van der Waals surface area (Å²) in [5.74, 6) is 1.00. The molecule has 1 aliphatic rings. The second-order valence-corrected chi connectivity index (χ2v) is 6.59. The third-order valence-electron chi connectivity index (χ3n) is 3.70. The number of aryl methyl sites for hydroxylation is 1. The maximum atomic E-state index is 4.23. The smallest absolute Gasteiger partial charge is 0.151 e. The Balaban J connectivity index is 1.54. The minimum atomic E-state index is 0.535. The molecule has 0 saturated carbocycles. The average Bonchev–Trinajstić information content (AvgIpc) is 3.09. The van der Waals surface area contributed by atoms with E-state index < -0.39 is 0 Å². The lowest BCUT2D eigenvalue weighted by atomic mass is 10.2. The van der Waals surface area contributed by atoms with E-state index in [2.05, 4.69) is 39.5 Å². The summed E-state index contributed by atoms with van der Waals surface area (Å²) in [6.07, 6.45) is 4.19. The topological polar surface area (TPSA) is 41.0 Å². The van der Waals surface area contributed by atoms with Crippen molar-refractivity contribution in [3.63, 3.8) is 0 Å². The van der Waals surface area contributed by atoms with Gasteiger partial charge in [-0.05, 0) is 44.0 Å². The van der Waals surface area contributed by atoms with Gasteiger partial charge in [0.1, 0.15) is 0 Å². The van der Waals surface area contributed by atoms with Crippen LogP contribution in [0.4, 0.5) is 5.82 Å². The SMILES string of the molecule is Cc1ccc(CNC[C@H]2CCCN2c2cccnn2)s1. The summed E-state index contributed by atoms with van der Waals surface area (Å²) >= 11 is 1.87. The maximum absolute atomic E-state index is 4.23. The van der Waals surface area contributed by atoms with Crippen LogP contribution in [0.5, 0.6) is 0 Å². The molecular weight excluding hydrogens is 268 g/mol. The fourth-order valence-electron chi connectivity index (χ4n) is 2.74. The van der Waals surface area contributed by atoms with Crippen molar-refractivity contribution in [3.8, 4) is 0 Å². The average molecular weight is 288 g/mol. The first-order valence-corrected chi connectivity index (χ1v) is 7.95. The number of anilines is 1. The van der Waals surface area contributed by atoms with Crippen LogP contribution in [0.2, 0.25) is 0 Å². The Kier molecular flexibility index (Phi) is 4.28. The van der Waals surface area contributed by atoms with Crippen LogP contribution in [-0.2, 0) is 6.54 Å². The van der Waals surface area contributed by atoms with Crippen molar-refractivity contribution in [2.45, 2.75) is 32.4 Å². The van der Waals surface area contributed by atoms with Crippen molar-refractivity contribution in [2.75, 3.05) is 18.0 Å². The van der Waals surface area contributed by atoms with Gasteiger partial charge in [-0.2, -0.15) is 5.10 Å². The molecule has 0 radical (unpaired) electrons. The monoisotopic (exact) mass is 288 g/mol. The molecule has 1 N–H and O–H groups in total. The number of hydrogen-bond donors (Lipinski definition) is 1. The molecule has 0 bridgehead atoms. The fraction of sp³-hybridized carbons (Fsp3) is 0.467. The molecule has 2 aromatic heterocycles. The van der Waals surface area contributed by atoms with Gasteiger partial charge in [-0.15, -0.1) is 16.4 Å². The van der Waals surface area contributed by atoms with Crippen LogP contribution >= 0.6 is 11.3 Å². The highest BCUT2D eigenvalue weighted by Gasteiger charge is 2.25. The van der Waals surface area contributed by atoms with Gasteiger partial charge in [-0.25, -0.2) is 0 Å². The second kappa shape index (κ2) is 6.33. The van der Waals surface area contributed by atoms with Crippen molar-refractivity contribution >= 4 is 17.2 Å². The van der Waals surface area contributed by atoms with Gasteiger partial charge >= 0.3 is 0 Å². The summed E-state index contributed by atoms with van der Waals surface area (Å²) < 4.78 is 0. The highest BCUT2D eigenvalue weighted by molar-refractivity contribution is 7.11. The molecule has 0 aromatic carbocycles. The first-order valence-electron chi connectivity index (χ1n) is 7.13. The normalized spacial score (nSPS) is 18.6. The molecule has 5 heteroatoms. The molecule has 3 rings (SSSR count). The van der Waals surface area contributed by atoms with E-state index >= 15 is 0 Å². The summed E-state index contributed by atoms with van der Waals surface area (Å²) in [5, 5.41) is 11.8. The highest BCUT2D eigenvalue weighted by atomic mass is 32.1. The van der Waals surface area contributed by atoms with Crippen LogP contribution in [0.1, 0.15) is 22.6 Å². The fourth-order valence-corrected chi connectivity index (χ4v) is 3.60. The van der Waals surface area contributed by atoms with Crippen LogP contribution in [0, 0.1) is 6.92 Å². The van der Waals surface area contributed by atoms with Crippen molar-refractivity contribution in [3.05, 3.63) is 40.2 Å². The molecule has 0 spiro atoms. The zero-order chi connectivity index (χ0) is 13.8. The van der Waals surface area contributed by atoms with Crippen LogP contribution in [0.3, 0.4) is 0 Å². The van der Waals surface area contributed by atoms with Gasteiger partial charge in [-0.1, -0.05) is 0 Å². The maximum Gasteiger partial charge on any atom is 0.151 e. The number of rotatable bonds is 5. The van der Waals surface area contributed by atoms with E-state index in [0.29, 0.717) is 6.04 Å². The van der Waals surface area contributed by atoms with E-state index in [9.17, 15) is 0 Å². The summed E-state index contributed by atoms with van der Waals surface area (Å²) in [5.41, 5.74) is 0. The van der Waals surface area contributed by atoms with Crippen LogP contribution in [0.25, 0.3) is 0 Å². The van der Waals surface area contributed by atoms with Crippen LogP contribution < -0.4 is 10.2 Å².